The molecule has 0 aliphatic rings. The highest BCUT2D eigenvalue weighted by Crippen LogP contribution is 2.36. The van der Waals surface area contributed by atoms with Crippen molar-refractivity contribution in [2.75, 3.05) is 24.9 Å². The van der Waals surface area contributed by atoms with Crippen LogP contribution < -0.4 is 24.8 Å². The second-order valence-corrected chi connectivity index (χ2v) is 10.3. The lowest BCUT2D eigenvalue weighted by Gasteiger charge is -2.14. The lowest BCUT2D eigenvalue weighted by Crippen LogP contribution is -2.21. The number of aryl methyl sites for hydroxylation is 1. The normalized spacial score (nSPS) is 11.3. The predicted molar refractivity (Wildman–Crippen MR) is 157 cm³/mol. The Kier molecular flexibility index (Phi) is 7.43. The molecule has 5 aromatic rings. The third-order valence-electron chi connectivity index (χ3n) is 6.34. The molecule has 0 saturated heterocycles. The Bertz CT molecular complexity index is 1730. The van der Waals surface area contributed by atoms with Gasteiger partial charge in [-0.3, -0.25) is 10.3 Å². The minimum Gasteiger partial charge on any atom is -0.493 e. The fourth-order valence-electron chi connectivity index (χ4n) is 4.19. The number of aromatic nitrogens is 5. The van der Waals surface area contributed by atoms with Gasteiger partial charge < -0.3 is 19.5 Å². The molecule has 11 heteroatoms. The van der Waals surface area contributed by atoms with Crippen molar-refractivity contribution in [1.82, 2.24) is 24.7 Å². The van der Waals surface area contributed by atoms with E-state index < -0.39 is 6.03 Å². The molecule has 5 rings (SSSR count). The van der Waals surface area contributed by atoms with Crippen molar-refractivity contribution in [3.63, 3.8) is 0 Å². The van der Waals surface area contributed by atoms with Crippen LogP contribution in [0.3, 0.4) is 0 Å². The lowest BCUT2D eigenvalue weighted by atomic mass is 9.92. The summed E-state index contributed by atoms with van der Waals surface area (Å²) in [7, 11) is 3.12. The number of fused-ring (bicyclic) bond motifs is 1. The first-order valence-corrected chi connectivity index (χ1v) is 12.9. The van der Waals surface area contributed by atoms with E-state index >= 15 is 0 Å². The second-order valence-electron chi connectivity index (χ2n) is 10.3. The predicted octanol–water partition coefficient (Wildman–Crippen LogP) is 6.27. The number of hydrogen-bond donors (Lipinski definition) is 2. The van der Waals surface area contributed by atoms with E-state index in [0.717, 1.165) is 17.1 Å². The largest absolute Gasteiger partial charge is 0.493 e. The number of ether oxygens (including phenoxy) is 3. The molecule has 0 aliphatic carbocycles. The van der Waals surface area contributed by atoms with E-state index in [4.69, 9.17) is 19.3 Å². The number of methoxy groups -OCH3 is 2. The van der Waals surface area contributed by atoms with E-state index in [2.05, 4.69) is 46.4 Å². The second kappa shape index (κ2) is 11.1. The minimum absolute atomic E-state index is 0.222. The van der Waals surface area contributed by atoms with Crippen molar-refractivity contribution in [2.45, 2.75) is 33.1 Å². The summed E-state index contributed by atoms with van der Waals surface area (Å²) in [6, 6.07) is 15.7. The van der Waals surface area contributed by atoms with Crippen LogP contribution >= 0.6 is 0 Å². The number of urea groups is 1. The molecule has 0 unspecified atom stereocenters. The van der Waals surface area contributed by atoms with Gasteiger partial charge in [-0.2, -0.15) is 5.10 Å². The van der Waals surface area contributed by atoms with Gasteiger partial charge in [-0.25, -0.2) is 19.4 Å². The molecule has 0 saturated carbocycles. The molecule has 0 bridgehead atoms. The van der Waals surface area contributed by atoms with Gasteiger partial charge >= 0.3 is 6.03 Å². The summed E-state index contributed by atoms with van der Waals surface area (Å²) < 4.78 is 18.6. The van der Waals surface area contributed by atoms with Gasteiger partial charge in [0.05, 0.1) is 42.2 Å². The zero-order valence-corrected chi connectivity index (χ0v) is 23.7. The summed E-state index contributed by atoms with van der Waals surface area (Å²) in [5.74, 6) is 2.41. The van der Waals surface area contributed by atoms with Crippen LogP contribution in [0.2, 0.25) is 0 Å². The van der Waals surface area contributed by atoms with Crippen LogP contribution in [0.15, 0.2) is 67.1 Å². The van der Waals surface area contributed by atoms with Crippen molar-refractivity contribution in [1.29, 1.82) is 0 Å². The quantitative estimate of drug-likeness (QED) is 0.242. The van der Waals surface area contributed by atoms with Crippen LogP contribution in [-0.2, 0) is 5.41 Å². The SMILES string of the molecule is COc1cc2ncnc(Oc3cccc(NC(=O)Nc4cc(C(C)(C)C)nn4-c4cccnc4C)c3)c2cc1OC. The van der Waals surface area contributed by atoms with Crippen LogP contribution in [0, 0.1) is 6.92 Å². The Morgan fingerprint density at radius 2 is 1.68 bits per heavy atom. The van der Waals surface area contributed by atoms with E-state index in [-0.39, 0.29) is 5.41 Å². The Morgan fingerprint density at radius 3 is 2.41 bits per heavy atom. The fourth-order valence-corrected chi connectivity index (χ4v) is 4.19. The fraction of sp³-hybridized carbons (Fsp3) is 0.233. The first kappa shape index (κ1) is 27.4. The number of benzene rings is 2. The van der Waals surface area contributed by atoms with Crippen LogP contribution in [0.1, 0.15) is 32.2 Å². The molecule has 11 nitrogen and oxygen atoms in total. The average molecular weight is 554 g/mol. The van der Waals surface area contributed by atoms with E-state index in [1.165, 1.54) is 6.33 Å². The van der Waals surface area contributed by atoms with Gasteiger partial charge in [0.2, 0.25) is 5.88 Å². The molecule has 2 amide bonds. The van der Waals surface area contributed by atoms with Gasteiger partial charge in [-0.1, -0.05) is 26.8 Å². The number of hydrogen-bond acceptors (Lipinski definition) is 8. The highest BCUT2D eigenvalue weighted by Gasteiger charge is 2.22. The molecule has 0 radical (unpaired) electrons. The van der Waals surface area contributed by atoms with Gasteiger partial charge in [-0.15, -0.1) is 0 Å². The zero-order valence-electron chi connectivity index (χ0n) is 23.7. The Labute approximate surface area is 237 Å². The van der Waals surface area contributed by atoms with Gasteiger partial charge in [0.1, 0.15) is 17.9 Å². The first-order chi connectivity index (χ1) is 19.7. The molecule has 210 valence electrons. The average Bonchev–Trinajstić information content (AvgIpc) is 3.37. The van der Waals surface area contributed by atoms with E-state index in [1.54, 1.807) is 61.5 Å². The monoisotopic (exact) mass is 553 g/mol. The molecule has 3 heterocycles. The zero-order chi connectivity index (χ0) is 29.1. The van der Waals surface area contributed by atoms with E-state index in [9.17, 15) is 4.79 Å². The van der Waals surface area contributed by atoms with Crippen LogP contribution in [0.4, 0.5) is 16.3 Å². The Hall–Kier alpha value is -5.19. The number of nitrogens with zero attached hydrogens (tertiary/aromatic N) is 5. The summed E-state index contributed by atoms with van der Waals surface area (Å²) in [4.78, 5) is 26.1. The standard InChI is InChI=1S/C30H31N7O4/c1-18-23(11-8-12-31-18)37-27(16-26(36-37)30(2,3)4)35-29(38)34-19-9-7-10-20(13-19)41-28-21-14-24(39-5)25(40-6)15-22(21)32-17-33-28/h7-17H,1-6H3,(H2,34,35,38). The molecule has 0 aliphatic heterocycles. The summed E-state index contributed by atoms with van der Waals surface area (Å²) in [6.07, 6.45) is 3.14. The molecular formula is C30H31N7O4. The minimum atomic E-state index is -0.436. The van der Waals surface area contributed by atoms with Crippen molar-refractivity contribution in [3.8, 4) is 28.8 Å². The third kappa shape index (κ3) is 5.88. The molecule has 0 atom stereocenters. The van der Waals surface area contributed by atoms with Crippen molar-refractivity contribution in [2.24, 2.45) is 0 Å². The van der Waals surface area contributed by atoms with Gasteiger partial charge in [-0.05, 0) is 37.3 Å². The van der Waals surface area contributed by atoms with Crippen LogP contribution in [-0.4, -0.2) is 45.0 Å². The summed E-state index contributed by atoms with van der Waals surface area (Å²) in [5, 5.41) is 11.2. The maximum Gasteiger partial charge on any atom is 0.324 e. The molecule has 3 aromatic heterocycles. The van der Waals surface area contributed by atoms with E-state index in [0.29, 0.717) is 45.5 Å². The lowest BCUT2D eigenvalue weighted by molar-refractivity contribution is 0.262. The number of pyridine rings is 1. The molecule has 41 heavy (non-hydrogen) atoms. The van der Waals surface area contributed by atoms with E-state index in [1.807, 2.05) is 25.1 Å². The number of anilines is 2. The van der Waals surface area contributed by atoms with Crippen molar-refractivity contribution >= 4 is 28.4 Å². The summed E-state index contributed by atoms with van der Waals surface area (Å²) >= 11 is 0. The summed E-state index contributed by atoms with van der Waals surface area (Å²) in [6.45, 7) is 8.10. The van der Waals surface area contributed by atoms with Crippen LogP contribution in [0.25, 0.3) is 16.6 Å². The maximum absolute atomic E-state index is 13.1. The molecule has 2 aromatic carbocycles. The van der Waals surface area contributed by atoms with Gasteiger partial charge in [0, 0.05) is 35.5 Å². The highest BCUT2D eigenvalue weighted by atomic mass is 16.5. The number of amides is 2. The molecule has 0 spiro atoms. The highest BCUT2D eigenvalue weighted by molar-refractivity contribution is 5.99. The smallest absolute Gasteiger partial charge is 0.324 e. The molecular weight excluding hydrogens is 522 g/mol. The molecule has 0 fully saturated rings. The van der Waals surface area contributed by atoms with Crippen molar-refractivity contribution < 1.29 is 19.0 Å². The molecule has 2 N–H and O–H groups in total. The Morgan fingerprint density at radius 1 is 0.902 bits per heavy atom. The van der Waals surface area contributed by atoms with Crippen LogP contribution in [0.5, 0.6) is 23.1 Å². The van der Waals surface area contributed by atoms with Crippen molar-refractivity contribution in [3.05, 3.63) is 78.5 Å². The maximum atomic E-state index is 13.1. The topological polar surface area (TPSA) is 125 Å². The first-order valence-electron chi connectivity index (χ1n) is 12.9. The number of nitrogens with one attached hydrogen (secondary N) is 2. The van der Waals surface area contributed by atoms with Gasteiger partial charge in [0.25, 0.3) is 0 Å². The number of carbonyl (C=O) groups is 1. The Balaban J connectivity index is 1.38. The summed E-state index contributed by atoms with van der Waals surface area (Å²) in [5.41, 5.74) is 3.34. The van der Waals surface area contributed by atoms with Gasteiger partial charge in [0.15, 0.2) is 11.5 Å². The third-order valence-corrected chi connectivity index (χ3v) is 6.34. The number of carbonyl (C=O) groups excluding carboxylic acids is 1. The number of rotatable bonds is 7.